The Bertz CT molecular complexity index is 569. The van der Waals surface area contributed by atoms with Crippen molar-refractivity contribution in [2.24, 2.45) is 22.7 Å². The van der Waals surface area contributed by atoms with E-state index >= 15 is 0 Å². The summed E-state index contributed by atoms with van der Waals surface area (Å²) in [7, 11) is 0. The monoisotopic (exact) mass is 366 g/mol. The summed E-state index contributed by atoms with van der Waals surface area (Å²) in [5.41, 5.74) is -0.712. The van der Waals surface area contributed by atoms with Crippen LogP contribution in [-0.2, 0) is 23.8 Å². The van der Waals surface area contributed by atoms with Crippen LogP contribution < -0.4 is 0 Å². The molecule has 0 aliphatic carbocycles. The zero-order valence-electron chi connectivity index (χ0n) is 17.0. The van der Waals surface area contributed by atoms with Gasteiger partial charge in [-0.15, -0.1) is 0 Å². The van der Waals surface area contributed by atoms with Gasteiger partial charge in [0.1, 0.15) is 6.10 Å². The van der Waals surface area contributed by atoms with Gasteiger partial charge in [0.15, 0.2) is 12.2 Å². The highest BCUT2D eigenvalue weighted by atomic mass is 16.7. The van der Waals surface area contributed by atoms with E-state index < -0.39 is 17.6 Å². The number of hydrogen-bond donors (Lipinski definition) is 0. The topological polar surface area (TPSA) is 61.8 Å². The average Bonchev–Trinajstić information content (AvgIpc) is 3.25. The summed E-state index contributed by atoms with van der Waals surface area (Å²) in [4.78, 5) is 25.4. The average molecular weight is 366 g/mol. The molecule has 3 fully saturated rings. The molecule has 3 heterocycles. The van der Waals surface area contributed by atoms with Gasteiger partial charge < -0.3 is 14.2 Å². The molecule has 0 N–H and O–H groups in total. The molecule has 2 bridgehead atoms. The van der Waals surface area contributed by atoms with Crippen LogP contribution in [0.15, 0.2) is 0 Å². The molecule has 3 saturated heterocycles. The first-order valence-electron chi connectivity index (χ1n) is 10.3. The maximum absolute atomic E-state index is 13.5. The molecule has 3 rings (SSSR count). The van der Waals surface area contributed by atoms with E-state index in [9.17, 15) is 9.59 Å². The van der Waals surface area contributed by atoms with Crippen LogP contribution in [0, 0.1) is 22.7 Å². The smallest absolute Gasteiger partial charge is 0.312 e. The van der Waals surface area contributed by atoms with Gasteiger partial charge in [-0.1, -0.05) is 41.0 Å². The van der Waals surface area contributed by atoms with Gasteiger partial charge in [-0.2, -0.15) is 0 Å². The lowest BCUT2D eigenvalue weighted by molar-refractivity contribution is -0.179. The number of esters is 2. The van der Waals surface area contributed by atoms with E-state index in [1.807, 2.05) is 0 Å². The minimum absolute atomic E-state index is 0.138. The van der Waals surface area contributed by atoms with Crippen LogP contribution in [0.4, 0.5) is 0 Å². The number of ether oxygens (including phenoxy) is 3. The summed E-state index contributed by atoms with van der Waals surface area (Å²) < 4.78 is 17.4. The normalized spacial score (nSPS) is 35.9. The second-order valence-electron chi connectivity index (χ2n) is 9.07. The van der Waals surface area contributed by atoms with Gasteiger partial charge in [0.2, 0.25) is 0 Å². The summed E-state index contributed by atoms with van der Waals surface area (Å²) >= 11 is 0. The Labute approximate surface area is 157 Å². The Morgan fingerprint density at radius 1 is 1.23 bits per heavy atom. The lowest BCUT2D eigenvalue weighted by Gasteiger charge is -2.46. The van der Waals surface area contributed by atoms with E-state index in [0.717, 1.165) is 25.7 Å². The lowest BCUT2D eigenvalue weighted by atomic mass is 9.59. The largest absolute Gasteiger partial charge is 0.455 e. The van der Waals surface area contributed by atoms with Gasteiger partial charge in [-0.05, 0) is 43.9 Å². The van der Waals surface area contributed by atoms with Gasteiger partial charge in [0.05, 0.1) is 17.4 Å². The second kappa shape index (κ2) is 6.81. The number of carbonyl (C=O) groups excluding carboxylic acids is 2. The van der Waals surface area contributed by atoms with Crippen molar-refractivity contribution < 1.29 is 23.8 Å². The predicted octanol–water partition coefficient (Wildman–Crippen LogP) is 3.88. The highest BCUT2D eigenvalue weighted by Crippen LogP contribution is 2.52. The maximum atomic E-state index is 13.5. The molecular weight excluding hydrogens is 332 g/mol. The molecule has 0 aromatic heterocycles. The second-order valence-corrected chi connectivity index (χ2v) is 9.07. The van der Waals surface area contributed by atoms with Crippen molar-refractivity contribution in [2.75, 3.05) is 0 Å². The molecule has 26 heavy (non-hydrogen) atoms. The van der Waals surface area contributed by atoms with Crippen molar-refractivity contribution in [3.63, 3.8) is 0 Å². The van der Waals surface area contributed by atoms with Crippen LogP contribution in [-0.4, -0.2) is 36.4 Å². The van der Waals surface area contributed by atoms with Gasteiger partial charge in [-0.3, -0.25) is 9.59 Å². The summed E-state index contributed by atoms with van der Waals surface area (Å²) in [5.74, 6) is -0.0852. The maximum Gasteiger partial charge on any atom is 0.312 e. The van der Waals surface area contributed by atoms with Crippen molar-refractivity contribution in [2.45, 2.75) is 98.1 Å². The first kappa shape index (κ1) is 19.7. The number of carbonyl (C=O) groups is 2. The molecule has 7 atom stereocenters. The molecule has 0 radical (unpaired) electrons. The quantitative estimate of drug-likeness (QED) is 0.610. The van der Waals surface area contributed by atoms with Crippen LogP contribution >= 0.6 is 0 Å². The molecule has 0 aromatic carbocycles. The van der Waals surface area contributed by atoms with E-state index in [2.05, 4.69) is 41.5 Å². The standard InChI is InChI=1S/C21H34O5/c1-7-12(4)11-21(6,20(5,8-2)9-3)19(23)26-16-14-10-13-15(24-14)17(16)25-18(13)22/h12-17H,7-11H2,1-6H3. The molecular formula is C21H34O5. The van der Waals surface area contributed by atoms with E-state index in [4.69, 9.17) is 14.2 Å². The molecule has 5 heteroatoms. The Balaban J connectivity index is 1.81. The molecule has 0 aromatic rings. The molecule has 148 valence electrons. The van der Waals surface area contributed by atoms with Crippen molar-refractivity contribution in [3.05, 3.63) is 0 Å². The zero-order chi connectivity index (χ0) is 19.3. The van der Waals surface area contributed by atoms with Crippen LogP contribution in [0.5, 0.6) is 0 Å². The van der Waals surface area contributed by atoms with E-state index in [0.29, 0.717) is 12.3 Å². The minimum atomic E-state index is -0.574. The van der Waals surface area contributed by atoms with E-state index in [1.165, 1.54) is 0 Å². The Kier molecular flexibility index (Phi) is 5.15. The van der Waals surface area contributed by atoms with Crippen molar-refractivity contribution in [1.82, 2.24) is 0 Å². The fourth-order valence-corrected chi connectivity index (χ4v) is 5.08. The highest BCUT2D eigenvalue weighted by Gasteiger charge is 2.65. The van der Waals surface area contributed by atoms with E-state index in [1.54, 1.807) is 0 Å². The summed E-state index contributed by atoms with van der Waals surface area (Å²) in [6.45, 7) is 12.9. The molecule has 3 aliphatic rings. The van der Waals surface area contributed by atoms with Gasteiger partial charge in [0.25, 0.3) is 0 Å². The van der Waals surface area contributed by atoms with Crippen LogP contribution in [0.1, 0.15) is 73.6 Å². The first-order valence-corrected chi connectivity index (χ1v) is 10.3. The first-order chi connectivity index (χ1) is 12.2. The number of fused-ring (bicyclic) bond motifs is 1. The number of rotatable bonds is 8. The van der Waals surface area contributed by atoms with Gasteiger partial charge >= 0.3 is 11.9 Å². The predicted molar refractivity (Wildman–Crippen MR) is 97.4 cm³/mol. The molecule has 0 saturated carbocycles. The number of hydrogen-bond acceptors (Lipinski definition) is 5. The summed E-state index contributed by atoms with van der Waals surface area (Å²) in [6, 6.07) is 0. The molecule has 0 spiro atoms. The van der Waals surface area contributed by atoms with Crippen molar-refractivity contribution >= 4 is 11.9 Å². The van der Waals surface area contributed by atoms with Gasteiger partial charge in [-0.25, -0.2) is 0 Å². The third kappa shape index (κ3) is 2.78. The molecule has 7 unspecified atom stereocenters. The van der Waals surface area contributed by atoms with Crippen LogP contribution in [0.2, 0.25) is 0 Å². The zero-order valence-corrected chi connectivity index (χ0v) is 17.0. The summed E-state index contributed by atoms with van der Waals surface area (Å²) in [5, 5.41) is 0. The van der Waals surface area contributed by atoms with Gasteiger partial charge in [0, 0.05) is 0 Å². The fraction of sp³-hybridized carbons (Fsp3) is 0.905. The molecule has 5 nitrogen and oxygen atoms in total. The highest BCUT2D eigenvalue weighted by molar-refractivity contribution is 5.79. The summed E-state index contributed by atoms with van der Waals surface area (Å²) in [6.07, 6.45) is 2.97. The molecule has 3 aliphatic heterocycles. The van der Waals surface area contributed by atoms with Crippen molar-refractivity contribution in [3.8, 4) is 0 Å². The Morgan fingerprint density at radius 3 is 2.46 bits per heavy atom. The fourth-order valence-electron chi connectivity index (χ4n) is 5.08. The van der Waals surface area contributed by atoms with Crippen LogP contribution in [0.25, 0.3) is 0 Å². The Morgan fingerprint density at radius 2 is 1.88 bits per heavy atom. The van der Waals surface area contributed by atoms with E-state index in [-0.39, 0.29) is 35.5 Å². The van der Waals surface area contributed by atoms with Crippen LogP contribution in [0.3, 0.4) is 0 Å². The van der Waals surface area contributed by atoms with Crippen molar-refractivity contribution in [1.29, 1.82) is 0 Å². The third-order valence-electron chi connectivity index (χ3n) is 7.82. The molecule has 0 amide bonds. The third-order valence-corrected chi connectivity index (χ3v) is 7.82. The SMILES string of the molecule is CCC(C)CC(C)(C(=O)OC1C2CC3C(=O)OC1C3O2)C(C)(CC)CC. The minimum Gasteiger partial charge on any atom is -0.455 e. The lowest BCUT2D eigenvalue weighted by Crippen LogP contribution is -2.49. The Hall–Kier alpha value is -1.10.